The number of aromatic amines is 1. The second-order valence-corrected chi connectivity index (χ2v) is 6.84. The van der Waals surface area contributed by atoms with E-state index in [0.29, 0.717) is 11.3 Å². The van der Waals surface area contributed by atoms with Gasteiger partial charge in [0.25, 0.3) is 11.8 Å². The van der Waals surface area contributed by atoms with E-state index in [0.717, 1.165) is 41.4 Å². The van der Waals surface area contributed by atoms with Gasteiger partial charge in [0.15, 0.2) is 0 Å². The number of carbonyl (C=O) groups is 2. The molecule has 1 aliphatic heterocycles. The summed E-state index contributed by atoms with van der Waals surface area (Å²) in [6.45, 7) is 0. The highest BCUT2D eigenvalue weighted by molar-refractivity contribution is 6.17. The molecule has 1 aromatic heterocycles. The first-order chi connectivity index (χ1) is 12.7. The summed E-state index contributed by atoms with van der Waals surface area (Å²) in [4.78, 5) is 32.2. The van der Waals surface area contributed by atoms with Crippen LogP contribution in [0.15, 0.2) is 70.5 Å². The van der Waals surface area contributed by atoms with E-state index in [4.69, 9.17) is 0 Å². The number of amides is 2. The molecule has 128 valence electrons. The van der Waals surface area contributed by atoms with Crippen LogP contribution in [0.2, 0.25) is 0 Å². The van der Waals surface area contributed by atoms with Crippen LogP contribution in [0.3, 0.4) is 0 Å². The van der Waals surface area contributed by atoms with Gasteiger partial charge in [0.2, 0.25) is 0 Å². The molecule has 5 rings (SSSR count). The number of hydrogen-bond donors (Lipinski definition) is 2. The Hall–Kier alpha value is -3.21. The van der Waals surface area contributed by atoms with Crippen molar-refractivity contribution in [2.45, 2.75) is 19.3 Å². The van der Waals surface area contributed by atoms with Gasteiger partial charge in [-0.05, 0) is 43.1 Å². The first-order valence-electron chi connectivity index (χ1n) is 8.83. The van der Waals surface area contributed by atoms with Crippen molar-refractivity contribution in [3.8, 4) is 0 Å². The average molecular weight is 343 g/mol. The van der Waals surface area contributed by atoms with Gasteiger partial charge >= 0.3 is 0 Å². The van der Waals surface area contributed by atoms with E-state index in [2.05, 4.69) is 15.3 Å². The molecule has 5 heteroatoms. The molecular weight excluding hydrogens is 326 g/mol. The Morgan fingerprint density at radius 3 is 3.00 bits per heavy atom. The molecule has 5 nitrogen and oxygen atoms in total. The van der Waals surface area contributed by atoms with Crippen LogP contribution >= 0.6 is 0 Å². The van der Waals surface area contributed by atoms with Gasteiger partial charge in [-0.1, -0.05) is 24.3 Å². The number of H-pyrrole nitrogens is 1. The van der Waals surface area contributed by atoms with Crippen LogP contribution in [-0.2, 0) is 4.79 Å². The third kappa shape index (κ3) is 2.28. The van der Waals surface area contributed by atoms with Crippen molar-refractivity contribution in [3.63, 3.8) is 0 Å². The molecule has 3 aliphatic rings. The van der Waals surface area contributed by atoms with Crippen molar-refractivity contribution in [2.75, 3.05) is 0 Å². The van der Waals surface area contributed by atoms with Gasteiger partial charge in [-0.3, -0.25) is 9.59 Å². The van der Waals surface area contributed by atoms with Crippen molar-refractivity contribution in [3.05, 3.63) is 71.1 Å². The Balaban J connectivity index is 1.48. The number of allylic oxidation sites excluding steroid dienone is 3. The summed E-state index contributed by atoms with van der Waals surface area (Å²) in [6.07, 6.45) is 10.3. The zero-order chi connectivity index (χ0) is 17.7. The van der Waals surface area contributed by atoms with E-state index in [1.54, 1.807) is 6.20 Å². The van der Waals surface area contributed by atoms with Gasteiger partial charge in [-0.15, -0.1) is 0 Å². The molecule has 2 N–H and O–H groups in total. The highest BCUT2D eigenvalue weighted by Gasteiger charge is 2.34. The summed E-state index contributed by atoms with van der Waals surface area (Å²) in [6, 6.07) is 7.65. The van der Waals surface area contributed by atoms with Crippen LogP contribution in [0.4, 0.5) is 0 Å². The smallest absolute Gasteiger partial charge is 0.279 e. The quantitative estimate of drug-likeness (QED) is 0.832. The Morgan fingerprint density at radius 1 is 1.19 bits per heavy atom. The number of para-hydroxylation sites is 1. The molecule has 0 bridgehead atoms. The molecule has 0 saturated heterocycles. The number of carbonyl (C=O) groups excluding carboxylic acids is 2. The maximum absolute atomic E-state index is 12.6. The fourth-order valence-corrected chi connectivity index (χ4v) is 4.09. The van der Waals surface area contributed by atoms with Crippen molar-refractivity contribution < 1.29 is 9.59 Å². The van der Waals surface area contributed by atoms with E-state index in [9.17, 15) is 9.59 Å². The first kappa shape index (κ1) is 15.1. The van der Waals surface area contributed by atoms with Crippen LogP contribution in [0.25, 0.3) is 10.9 Å². The Kier molecular flexibility index (Phi) is 3.28. The molecule has 2 heterocycles. The number of fused-ring (bicyclic) bond motifs is 3. The molecule has 0 saturated carbocycles. The lowest BCUT2D eigenvalue weighted by Gasteiger charge is -2.28. The lowest BCUT2D eigenvalue weighted by molar-refractivity contribution is -0.117. The standard InChI is InChI=1S/C21H17N3O2/c25-20-16-6-3-5-13(16)15-9-8-12(10-19(15)24-20)23-21(26)17-11-22-18-7-2-1-4-14(17)18/h1-2,4,7-11,15,22H,3,5-6H2,(H,24,25). The number of aromatic nitrogens is 1. The number of nitrogens with zero attached hydrogens (tertiary/aromatic N) is 1. The van der Waals surface area contributed by atoms with Gasteiger partial charge in [-0.25, -0.2) is 4.99 Å². The molecule has 26 heavy (non-hydrogen) atoms. The van der Waals surface area contributed by atoms with Crippen molar-refractivity contribution in [1.82, 2.24) is 10.3 Å². The van der Waals surface area contributed by atoms with Crippen LogP contribution in [-0.4, -0.2) is 22.5 Å². The van der Waals surface area contributed by atoms with Crippen molar-refractivity contribution >= 4 is 28.4 Å². The second kappa shape index (κ2) is 5.66. The first-order valence-corrected chi connectivity index (χ1v) is 8.83. The molecule has 2 aliphatic carbocycles. The third-order valence-electron chi connectivity index (χ3n) is 5.32. The third-order valence-corrected chi connectivity index (χ3v) is 5.32. The van der Waals surface area contributed by atoms with Crippen LogP contribution < -0.4 is 5.32 Å². The Morgan fingerprint density at radius 2 is 2.08 bits per heavy atom. The number of rotatable bonds is 1. The SMILES string of the molecule is O=C1NC2=CC(=NC(=O)c3c[nH]c4ccccc34)C=CC2C2=C1CCC2. The minimum atomic E-state index is -0.291. The van der Waals surface area contributed by atoms with Gasteiger partial charge in [-0.2, -0.15) is 0 Å². The second-order valence-electron chi connectivity index (χ2n) is 6.84. The van der Waals surface area contributed by atoms with E-state index >= 15 is 0 Å². The molecule has 0 radical (unpaired) electrons. The number of nitrogens with one attached hydrogen (secondary N) is 2. The van der Waals surface area contributed by atoms with E-state index in [1.807, 2.05) is 42.5 Å². The predicted octanol–water partition coefficient (Wildman–Crippen LogP) is 3.43. The number of hydrogen-bond acceptors (Lipinski definition) is 2. The zero-order valence-electron chi connectivity index (χ0n) is 14.1. The van der Waals surface area contributed by atoms with Crippen LogP contribution in [0.5, 0.6) is 0 Å². The largest absolute Gasteiger partial charge is 0.360 e. The van der Waals surface area contributed by atoms with Crippen LogP contribution in [0.1, 0.15) is 29.6 Å². The van der Waals surface area contributed by atoms with E-state index in [-0.39, 0.29) is 17.7 Å². The molecule has 0 spiro atoms. The number of aliphatic imine (C=N–C) groups is 1. The van der Waals surface area contributed by atoms with Gasteiger partial charge in [0.1, 0.15) is 0 Å². The fraction of sp³-hybridized carbons (Fsp3) is 0.190. The van der Waals surface area contributed by atoms with Gasteiger partial charge < -0.3 is 10.3 Å². The molecule has 2 amide bonds. The zero-order valence-corrected chi connectivity index (χ0v) is 14.1. The van der Waals surface area contributed by atoms with Gasteiger partial charge in [0.05, 0.1) is 11.3 Å². The molecule has 2 aromatic rings. The maximum atomic E-state index is 12.6. The van der Waals surface area contributed by atoms with E-state index in [1.165, 1.54) is 5.57 Å². The lowest BCUT2D eigenvalue weighted by atomic mass is 9.85. The summed E-state index contributed by atoms with van der Waals surface area (Å²) >= 11 is 0. The highest BCUT2D eigenvalue weighted by Crippen LogP contribution is 2.39. The Labute approximate surface area is 150 Å². The predicted molar refractivity (Wildman–Crippen MR) is 99.8 cm³/mol. The van der Waals surface area contributed by atoms with Crippen LogP contribution in [0, 0.1) is 5.92 Å². The minimum absolute atomic E-state index is 0.00222. The molecule has 0 fully saturated rings. The molecule has 1 aromatic carbocycles. The van der Waals surface area contributed by atoms with Gasteiger partial charge in [0, 0.05) is 34.3 Å². The van der Waals surface area contributed by atoms with Crippen molar-refractivity contribution in [2.24, 2.45) is 10.9 Å². The fourth-order valence-electron chi connectivity index (χ4n) is 4.09. The monoisotopic (exact) mass is 343 g/mol. The normalized spacial score (nSPS) is 23.1. The number of benzene rings is 1. The minimum Gasteiger partial charge on any atom is -0.360 e. The average Bonchev–Trinajstić information content (AvgIpc) is 3.29. The summed E-state index contributed by atoms with van der Waals surface area (Å²) in [7, 11) is 0. The molecular formula is C21H17N3O2. The van der Waals surface area contributed by atoms with Crippen molar-refractivity contribution in [1.29, 1.82) is 0 Å². The summed E-state index contributed by atoms with van der Waals surface area (Å²) < 4.78 is 0. The van der Waals surface area contributed by atoms with E-state index < -0.39 is 0 Å². The maximum Gasteiger partial charge on any atom is 0.279 e. The summed E-state index contributed by atoms with van der Waals surface area (Å²) in [5, 5.41) is 3.83. The Bertz CT molecular complexity index is 1080. The highest BCUT2D eigenvalue weighted by atomic mass is 16.2. The lowest BCUT2D eigenvalue weighted by Crippen LogP contribution is -2.35. The topological polar surface area (TPSA) is 74.3 Å². The summed E-state index contributed by atoms with van der Waals surface area (Å²) in [5.74, 6) is -0.176. The molecule has 1 atom stereocenters. The summed E-state index contributed by atoms with van der Waals surface area (Å²) in [5.41, 5.74) is 5.01. The molecule has 1 unspecified atom stereocenters.